The molecule has 15 heavy (non-hydrogen) atoms. The first-order valence-corrected chi connectivity index (χ1v) is 5.76. The van der Waals surface area contributed by atoms with Crippen LogP contribution < -0.4 is 5.32 Å². The number of hydrogen-bond acceptors (Lipinski definition) is 3. The lowest BCUT2D eigenvalue weighted by Crippen LogP contribution is -2.46. The summed E-state index contributed by atoms with van der Waals surface area (Å²) in [4.78, 5) is 13.8. The van der Waals surface area contributed by atoms with Crippen LogP contribution in [0.15, 0.2) is 0 Å². The van der Waals surface area contributed by atoms with Gasteiger partial charge in [-0.25, -0.2) is 0 Å². The molecular weight excluding hydrogens is 192 g/mol. The van der Waals surface area contributed by atoms with Gasteiger partial charge >= 0.3 is 0 Å². The summed E-state index contributed by atoms with van der Waals surface area (Å²) in [5.41, 5.74) is 0. The molecule has 2 aliphatic rings. The zero-order valence-electron chi connectivity index (χ0n) is 9.44. The number of carbonyl (C=O) groups is 1. The van der Waals surface area contributed by atoms with Crippen LogP contribution in [0, 0.1) is 11.8 Å². The zero-order valence-corrected chi connectivity index (χ0v) is 9.44. The van der Waals surface area contributed by atoms with Gasteiger partial charge in [0.05, 0.1) is 12.1 Å². The molecule has 4 heteroatoms. The van der Waals surface area contributed by atoms with E-state index in [9.17, 15) is 9.90 Å². The van der Waals surface area contributed by atoms with Crippen LogP contribution in [-0.4, -0.2) is 48.2 Å². The molecule has 2 fully saturated rings. The lowest BCUT2D eigenvalue weighted by molar-refractivity contribution is -0.137. The first-order valence-electron chi connectivity index (χ1n) is 5.76. The molecule has 86 valence electrons. The van der Waals surface area contributed by atoms with Crippen molar-refractivity contribution in [1.82, 2.24) is 10.2 Å². The van der Waals surface area contributed by atoms with Crippen molar-refractivity contribution >= 4 is 5.91 Å². The smallest absolute Gasteiger partial charge is 0.225 e. The first kappa shape index (κ1) is 10.9. The fourth-order valence-corrected chi connectivity index (χ4v) is 2.33. The van der Waals surface area contributed by atoms with Crippen LogP contribution in [0.4, 0.5) is 0 Å². The molecular formula is C11H20N2O2. The Morgan fingerprint density at radius 2 is 2.13 bits per heavy atom. The fourth-order valence-electron chi connectivity index (χ4n) is 2.33. The number of aliphatic hydroxyl groups excluding tert-OH is 1. The van der Waals surface area contributed by atoms with Crippen molar-refractivity contribution in [2.45, 2.75) is 31.9 Å². The maximum Gasteiger partial charge on any atom is 0.225 e. The van der Waals surface area contributed by atoms with Gasteiger partial charge in [0.2, 0.25) is 5.91 Å². The third-order valence-electron chi connectivity index (χ3n) is 3.71. The summed E-state index contributed by atoms with van der Waals surface area (Å²) in [6.07, 6.45) is 1.96. The normalized spacial score (nSPS) is 32.7. The molecule has 1 saturated heterocycles. The number of rotatable bonds is 3. The van der Waals surface area contributed by atoms with E-state index in [4.69, 9.17) is 0 Å². The number of nitrogens with zero attached hydrogens (tertiary/aromatic N) is 1. The van der Waals surface area contributed by atoms with Crippen LogP contribution in [0.1, 0.15) is 19.8 Å². The van der Waals surface area contributed by atoms with Crippen molar-refractivity contribution in [1.29, 1.82) is 0 Å². The minimum absolute atomic E-state index is 0.0429. The zero-order chi connectivity index (χ0) is 11.0. The molecule has 1 aliphatic heterocycles. The van der Waals surface area contributed by atoms with Crippen LogP contribution in [0.3, 0.4) is 0 Å². The summed E-state index contributed by atoms with van der Waals surface area (Å²) in [5, 5.41) is 12.8. The van der Waals surface area contributed by atoms with Gasteiger partial charge in [0.25, 0.3) is 0 Å². The van der Waals surface area contributed by atoms with E-state index in [0.717, 1.165) is 0 Å². The van der Waals surface area contributed by atoms with Crippen LogP contribution in [0.25, 0.3) is 0 Å². The van der Waals surface area contributed by atoms with Gasteiger partial charge in [0.1, 0.15) is 0 Å². The molecule has 3 atom stereocenters. The minimum Gasteiger partial charge on any atom is -0.390 e. The van der Waals surface area contributed by atoms with Crippen LogP contribution in [-0.2, 0) is 4.79 Å². The first-order chi connectivity index (χ1) is 7.11. The largest absolute Gasteiger partial charge is 0.390 e. The molecule has 0 bridgehead atoms. The van der Waals surface area contributed by atoms with Gasteiger partial charge < -0.3 is 15.3 Å². The summed E-state index contributed by atoms with van der Waals surface area (Å²) >= 11 is 0. The number of carbonyl (C=O) groups excluding carboxylic acids is 1. The molecule has 0 radical (unpaired) electrons. The molecule has 0 aromatic heterocycles. The molecule has 2 rings (SSSR count). The Bertz CT molecular complexity index is 253. The van der Waals surface area contributed by atoms with Gasteiger partial charge in [-0.1, -0.05) is 6.92 Å². The van der Waals surface area contributed by atoms with Gasteiger partial charge in [-0.05, 0) is 18.8 Å². The van der Waals surface area contributed by atoms with Gasteiger partial charge in [-0.15, -0.1) is 0 Å². The Labute approximate surface area is 90.6 Å². The Hall–Kier alpha value is -0.610. The number of nitrogens with one attached hydrogen (secondary N) is 1. The molecule has 4 nitrogen and oxygen atoms in total. The number of likely N-dealkylation sites (N-methyl/N-ethyl adjacent to an activating group) is 1. The second-order valence-electron chi connectivity index (χ2n) is 4.87. The topological polar surface area (TPSA) is 52.6 Å². The summed E-state index contributed by atoms with van der Waals surface area (Å²) in [6.45, 7) is 3.31. The van der Waals surface area contributed by atoms with Crippen molar-refractivity contribution in [2.75, 3.05) is 20.1 Å². The van der Waals surface area contributed by atoms with E-state index in [1.165, 1.54) is 12.8 Å². The van der Waals surface area contributed by atoms with E-state index in [1.807, 2.05) is 14.0 Å². The van der Waals surface area contributed by atoms with E-state index in [-0.39, 0.29) is 17.9 Å². The highest BCUT2D eigenvalue weighted by Gasteiger charge is 2.38. The summed E-state index contributed by atoms with van der Waals surface area (Å²) in [6, 6.07) is -0.0429. The van der Waals surface area contributed by atoms with Gasteiger partial charge in [-0.2, -0.15) is 0 Å². The molecule has 0 spiro atoms. The predicted octanol–water partition coefficient (Wildman–Crippen LogP) is -0.176. The minimum atomic E-state index is -0.412. The van der Waals surface area contributed by atoms with Crippen LogP contribution in [0.5, 0.6) is 0 Å². The van der Waals surface area contributed by atoms with Gasteiger partial charge in [-0.3, -0.25) is 4.79 Å². The highest BCUT2D eigenvalue weighted by molar-refractivity contribution is 5.79. The lowest BCUT2D eigenvalue weighted by Gasteiger charge is -2.29. The standard InChI is InChI=1S/C11H20N2O2/c1-7(8-3-4-8)11(15)13(2)9-5-12-6-10(9)14/h7-10,12,14H,3-6H2,1-2H3/t7?,9-,10-/m0/s1. The lowest BCUT2D eigenvalue weighted by atomic mass is 10.0. The Kier molecular flexibility index (Phi) is 2.98. The molecule has 1 heterocycles. The maximum atomic E-state index is 12.0. The van der Waals surface area contributed by atoms with E-state index in [2.05, 4.69) is 5.32 Å². The number of β-amino-alcohol motifs (C(OH)–C–C–N with tert-alkyl or cyclic N) is 1. The van der Waals surface area contributed by atoms with Gasteiger partial charge in [0.15, 0.2) is 0 Å². The van der Waals surface area contributed by atoms with E-state index < -0.39 is 6.10 Å². The quantitative estimate of drug-likeness (QED) is 0.682. The number of hydrogen-bond donors (Lipinski definition) is 2. The average Bonchev–Trinajstić information content (AvgIpc) is 2.98. The van der Waals surface area contributed by atoms with Crippen molar-refractivity contribution in [2.24, 2.45) is 11.8 Å². The molecule has 2 N–H and O–H groups in total. The van der Waals surface area contributed by atoms with Crippen molar-refractivity contribution in [3.63, 3.8) is 0 Å². The second-order valence-corrected chi connectivity index (χ2v) is 4.87. The molecule has 1 aliphatic carbocycles. The Morgan fingerprint density at radius 1 is 1.47 bits per heavy atom. The number of amides is 1. The van der Waals surface area contributed by atoms with Crippen LogP contribution in [0.2, 0.25) is 0 Å². The molecule has 0 aromatic rings. The van der Waals surface area contributed by atoms with Crippen molar-refractivity contribution < 1.29 is 9.90 Å². The van der Waals surface area contributed by atoms with Crippen molar-refractivity contribution in [3.8, 4) is 0 Å². The summed E-state index contributed by atoms with van der Waals surface area (Å²) in [7, 11) is 1.81. The average molecular weight is 212 g/mol. The van der Waals surface area contributed by atoms with Gasteiger partial charge in [0, 0.05) is 26.1 Å². The fraction of sp³-hybridized carbons (Fsp3) is 0.909. The predicted molar refractivity (Wildman–Crippen MR) is 57.3 cm³/mol. The number of aliphatic hydroxyl groups is 1. The van der Waals surface area contributed by atoms with Crippen LogP contribution >= 0.6 is 0 Å². The van der Waals surface area contributed by atoms with Crippen molar-refractivity contribution in [3.05, 3.63) is 0 Å². The monoisotopic (exact) mass is 212 g/mol. The third kappa shape index (κ3) is 2.16. The Morgan fingerprint density at radius 3 is 2.60 bits per heavy atom. The SMILES string of the molecule is CC(C(=O)N(C)[C@H]1CNC[C@@H]1O)C1CC1. The molecule has 1 unspecified atom stereocenters. The molecule has 1 saturated carbocycles. The maximum absolute atomic E-state index is 12.0. The second kappa shape index (κ2) is 4.10. The molecule has 0 aromatic carbocycles. The highest BCUT2D eigenvalue weighted by Crippen LogP contribution is 2.37. The van der Waals surface area contributed by atoms with E-state index in [1.54, 1.807) is 4.90 Å². The highest BCUT2D eigenvalue weighted by atomic mass is 16.3. The Balaban J connectivity index is 1.93. The summed E-state index contributed by atoms with van der Waals surface area (Å²) < 4.78 is 0. The van der Waals surface area contributed by atoms with E-state index >= 15 is 0 Å². The third-order valence-corrected chi connectivity index (χ3v) is 3.71. The summed E-state index contributed by atoms with van der Waals surface area (Å²) in [5.74, 6) is 0.902. The van der Waals surface area contributed by atoms with E-state index in [0.29, 0.717) is 19.0 Å². The molecule has 1 amide bonds.